The van der Waals surface area contributed by atoms with Gasteiger partial charge in [0.05, 0.1) is 17.6 Å². The molecule has 1 atom stereocenters. The second-order valence-electron chi connectivity index (χ2n) is 8.44. The van der Waals surface area contributed by atoms with Crippen LogP contribution in [0.4, 0.5) is 0 Å². The second-order valence-corrected chi connectivity index (χ2v) is 10.6. The van der Waals surface area contributed by atoms with Crippen molar-refractivity contribution in [3.63, 3.8) is 0 Å². The van der Waals surface area contributed by atoms with Crippen molar-refractivity contribution in [2.45, 2.75) is 44.6 Å². The number of sulfone groups is 1. The molecule has 1 aromatic heterocycles. The summed E-state index contributed by atoms with van der Waals surface area (Å²) in [5.74, 6) is 0.926. The van der Waals surface area contributed by atoms with Gasteiger partial charge in [0.1, 0.15) is 30.0 Å². The molecule has 0 saturated heterocycles. The van der Waals surface area contributed by atoms with Crippen molar-refractivity contribution in [3.05, 3.63) is 59.9 Å². The van der Waals surface area contributed by atoms with Crippen LogP contribution in [0.2, 0.25) is 0 Å². The minimum atomic E-state index is -3.25. The number of aliphatic hydroxyl groups is 1. The van der Waals surface area contributed by atoms with Crippen LogP contribution in [0.1, 0.15) is 32.2 Å². The molecule has 0 saturated carbocycles. The molecule has 7 heteroatoms. The van der Waals surface area contributed by atoms with Gasteiger partial charge in [0.2, 0.25) is 0 Å². The minimum Gasteiger partial charge on any atom is -0.491 e. The van der Waals surface area contributed by atoms with E-state index in [-0.39, 0.29) is 24.3 Å². The van der Waals surface area contributed by atoms with Gasteiger partial charge in [-0.15, -0.1) is 0 Å². The van der Waals surface area contributed by atoms with E-state index in [1.165, 1.54) is 11.8 Å². The monoisotopic (exact) mass is 416 g/mol. The minimum absolute atomic E-state index is 0.0660. The zero-order valence-electron chi connectivity index (χ0n) is 17.3. The van der Waals surface area contributed by atoms with Gasteiger partial charge in [0.15, 0.2) is 9.84 Å². The third-order valence-electron chi connectivity index (χ3n) is 4.68. The van der Waals surface area contributed by atoms with Crippen LogP contribution < -0.4 is 4.74 Å². The van der Waals surface area contributed by atoms with Crippen molar-refractivity contribution in [2.75, 3.05) is 12.9 Å². The lowest BCUT2D eigenvalue weighted by atomic mass is 9.87. The summed E-state index contributed by atoms with van der Waals surface area (Å²) in [7, 11) is -3.25. The largest absolute Gasteiger partial charge is 0.491 e. The summed E-state index contributed by atoms with van der Waals surface area (Å²) >= 11 is 0. The average molecular weight is 417 g/mol. The first kappa shape index (κ1) is 21.3. The number of nitrogens with zero attached hydrogens (tertiary/aromatic N) is 2. The molecule has 0 spiro atoms. The fourth-order valence-electron chi connectivity index (χ4n) is 3.18. The van der Waals surface area contributed by atoms with Gasteiger partial charge in [-0.2, -0.15) is 0 Å². The number of rotatable bonds is 7. The molecule has 3 aromatic rings. The van der Waals surface area contributed by atoms with E-state index in [2.05, 4.69) is 25.8 Å². The van der Waals surface area contributed by atoms with Gasteiger partial charge >= 0.3 is 0 Å². The molecule has 0 aliphatic rings. The highest BCUT2D eigenvalue weighted by molar-refractivity contribution is 7.89. The number of fused-ring (bicyclic) bond motifs is 1. The third-order valence-corrected chi connectivity index (χ3v) is 5.46. The fraction of sp³-hybridized carbons (Fsp3) is 0.409. The zero-order valence-corrected chi connectivity index (χ0v) is 18.1. The van der Waals surface area contributed by atoms with Crippen LogP contribution >= 0.6 is 0 Å². The topological polar surface area (TPSA) is 81.4 Å². The highest BCUT2D eigenvalue weighted by atomic mass is 32.2. The quantitative estimate of drug-likeness (QED) is 0.639. The number of hydrogen-bond donors (Lipinski definition) is 1. The lowest BCUT2D eigenvalue weighted by Gasteiger charge is -2.19. The summed E-state index contributed by atoms with van der Waals surface area (Å²) in [4.78, 5) is 4.43. The molecule has 1 N–H and O–H groups in total. The Morgan fingerprint density at radius 3 is 2.38 bits per heavy atom. The second kappa shape index (κ2) is 8.16. The van der Waals surface area contributed by atoms with E-state index < -0.39 is 15.9 Å². The molecule has 0 unspecified atom stereocenters. The van der Waals surface area contributed by atoms with Gasteiger partial charge in [0.25, 0.3) is 0 Å². The van der Waals surface area contributed by atoms with E-state index in [1.807, 2.05) is 48.5 Å². The predicted molar refractivity (Wildman–Crippen MR) is 115 cm³/mol. The van der Waals surface area contributed by atoms with Crippen molar-refractivity contribution in [2.24, 2.45) is 0 Å². The van der Waals surface area contributed by atoms with Gasteiger partial charge < -0.3 is 14.4 Å². The molecule has 29 heavy (non-hydrogen) atoms. The smallest absolute Gasteiger partial charge is 0.154 e. The van der Waals surface area contributed by atoms with Crippen LogP contribution in [0.3, 0.4) is 0 Å². The van der Waals surface area contributed by atoms with Gasteiger partial charge in [-0.1, -0.05) is 45.0 Å². The number of aromatic nitrogens is 2. The molecule has 0 radical (unpaired) electrons. The van der Waals surface area contributed by atoms with Crippen molar-refractivity contribution < 1.29 is 18.3 Å². The van der Waals surface area contributed by atoms with Crippen LogP contribution in [-0.2, 0) is 27.5 Å². The summed E-state index contributed by atoms with van der Waals surface area (Å²) in [5, 5.41) is 10.5. The number of ether oxygens (including phenoxy) is 1. The highest BCUT2D eigenvalue weighted by Gasteiger charge is 2.18. The summed E-state index contributed by atoms with van der Waals surface area (Å²) in [6, 6.07) is 15.3. The number of hydrogen-bond acceptors (Lipinski definition) is 5. The molecule has 0 aliphatic carbocycles. The fourth-order valence-corrected chi connectivity index (χ4v) is 3.87. The lowest BCUT2D eigenvalue weighted by molar-refractivity contribution is 0.0928. The Labute approximate surface area is 172 Å². The number of aliphatic hydroxyl groups excluding tert-OH is 1. The van der Waals surface area contributed by atoms with Crippen molar-refractivity contribution in [3.8, 4) is 5.75 Å². The molecule has 3 rings (SSSR count). The molecule has 0 bridgehead atoms. The molecule has 156 valence electrons. The highest BCUT2D eigenvalue weighted by Crippen LogP contribution is 2.24. The van der Waals surface area contributed by atoms with Gasteiger partial charge in [-0.25, -0.2) is 13.4 Å². The molecule has 0 aliphatic heterocycles. The summed E-state index contributed by atoms with van der Waals surface area (Å²) in [6.07, 6.45) is 0.366. The van der Waals surface area contributed by atoms with E-state index in [4.69, 9.17) is 4.74 Å². The number of para-hydroxylation sites is 2. The Kier molecular flexibility index (Phi) is 6.00. The normalized spacial score (nSPS) is 13.6. The molecular formula is C22H28N2O4S. The number of imidazole rings is 1. The van der Waals surface area contributed by atoms with E-state index in [0.29, 0.717) is 17.1 Å². The molecule has 2 aromatic carbocycles. The summed E-state index contributed by atoms with van der Waals surface area (Å²) < 4.78 is 31.1. The SMILES string of the molecule is CC(C)(C)c1ccc(OC[C@H](O)Cn2c(CS(C)(=O)=O)nc3ccccc32)cc1. The lowest BCUT2D eigenvalue weighted by Crippen LogP contribution is -2.25. The van der Waals surface area contributed by atoms with Gasteiger partial charge in [-0.05, 0) is 35.2 Å². The maximum Gasteiger partial charge on any atom is 0.154 e. The third kappa shape index (κ3) is 5.58. The first-order valence-corrected chi connectivity index (χ1v) is 11.6. The maximum absolute atomic E-state index is 11.8. The summed E-state index contributed by atoms with van der Waals surface area (Å²) in [6.45, 7) is 6.74. The molecular weight excluding hydrogens is 388 g/mol. The summed E-state index contributed by atoms with van der Waals surface area (Å²) in [5.41, 5.74) is 2.77. The van der Waals surface area contributed by atoms with E-state index in [1.54, 1.807) is 4.57 Å². The standard InChI is InChI=1S/C22H28N2O4S/c1-22(2,3)16-9-11-18(12-10-16)28-14-17(25)13-24-20-8-6-5-7-19(20)23-21(24)15-29(4,26)27/h5-12,17,25H,13-15H2,1-4H3/t17-/m1/s1. The Bertz CT molecular complexity index is 1080. The van der Waals surface area contributed by atoms with Crippen LogP contribution in [0.5, 0.6) is 5.75 Å². The van der Waals surface area contributed by atoms with E-state index in [0.717, 1.165) is 5.52 Å². The van der Waals surface area contributed by atoms with Crippen molar-refractivity contribution in [1.29, 1.82) is 0 Å². The van der Waals surface area contributed by atoms with E-state index in [9.17, 15) is 13.5 Å². The maximum atomic E-state index is 11.8. The van der Waals surface area contributed by atoms with Gasteiger partial charge in [-0.3, -0.25) is 0 Å². The Morgan fingerprint density at radius 2 is 1.76 bits per heavy atom. The van der Waals surface area contributed by atoms with Crippen LogP contribution in [0, 0.1) is 0 Å². The Morgan fingerprint density at radius 1 is 1.10 bits per heavy atom. The number of benzene rings is 2. The molecule has 6 nitrogen and oxygen atoms in total. The zero-order chi connectivity index (χ0) is 21.2. The first-order chi connectivity index (χ1) is 13.5. The van der Waals surface area contributed by atoms with Crippen molar-refractivity contribution in [1.82, 2.24) is 9.55 Å². The van der Waals surface area contributed by atoms with Crippen LogP contribution in [0.25, 0.3) is 11.0 Å². The van der Waals surface area contributed by atoms with Crippen LogP contribution in [0.15, 0.2) is 48.5 Å². The predicted octanol–water partition coefficient (Wildman–Crippen LogP) is 3.32. The Balaban J connectivity index is 1.72. The van der Waals surface area contributed by atoms with Gasteiger partial charge in [0, 0.05) is 6.26 Å². The average Bonchev–Trinajstić information content (AvgIpc) is 2.95. The molecule has 0 fully saturated rings. The van der Waals surface area contributed by atoms with Crippen LogP contribution in [-0.4, -0.2) is 42.0 Å². The first-order valence-electron chi connectivity index (χ1n) is 9.56. The van der Waals surface area contributed by atoms with E-state index >= 15 is 0 Å². The molecule has 0 amide bonds. The molecule has 1 heterocycles. The Hall–Kier alpha value is -2.38. The van der Waals surface area contributed by atoms with Crippen molar-refractivity contribution >= 4 is 20.9 Å².